The molecular weight excluding hydrogens is 394 g/mol. The molecule has 1 amide bonds. The first-order valence-corrected chi connectivity index (χ1v) is 11.2. The van der Waals surface area contributed by atoms with Crippen LogP contribution < -0.4 is 15.4 Å². The molecular formula is C19H25N5O4S. The molecule has 1 heterocycles. The smallest absolute Gasteiger partial charge is 0.263 e. The van der Waals surface area contributed by atoms with Gasteiger partial charge in [-0.1, -0.05) is 6.07 Å². The van der Waals surface area contributed by atoms with Crippen LogP contribution in [0.15, 0.2) is 23.4 Å². The minimum atomic E-state index is -4.06. The van der Waals surface area contributed by atoms with Crippen LogP contribution in [0.2, 0.25) is 0 Å². The van der Waals surface area contributed by atoms with Crippen molar-refractivity contribution in [2.75, 3.05) is 12.4 Å². The number of aromatic nitrogens is 2. The first-order chi connectivity index (χ1) is 13.9. The van der Waals surface area contributed by atoms with Crippen LogP contribution in [0.1, 0.15) is 35.1 Å². The van der Waals surface area contributed by atoms with Gasteiger partial charge in [0.25, 0.3) is 10.0 Å². The average Bonchev–Trinajstić information content (AvgIpc) is 3.41. The number of likely N-dealkylation sites (N-methyl/N-ethyl adjacent to an activating group) is 1. The summed E-state index contributed by atoms with van der Waals surface area (Å²) in [5, 5.41) is 19.5. The van der Waals surface area contributed by atoms with Gasteiger partial charge < -0.3 is 15.7 Å². The van der Waals surface area contributed by atoms with E-state index in [9.17, 15) is 18.3 Å². The molecule has 2 aliphatic carbocycles. The van der Waals surface area contributed by atoms with Gasteiger partial charge in [0.1, 0.15) is 6.54 Å². The molecule has 4 rings (SSSR count). The van der Waals surface area contributed by atoms with E-state index in [1.165, 1.54) is 46.2 Å². The molecule has 1 aromatic carbocycles. The Labute approximate surface area is 169 Å². The summed E-state index contributed by atoms with van der Waals surface area (Å²) in [4.78, 5) is 11.4. The highest BCUT2D eigenvalue weighted by Gasteiger charge is 2.27. The van der Waals surface area contributed by atoms with E-state index in [0.717, 1.165) is 44.2 Å². The Hall–Kier alpha value is -2.43. The lowest BCUT2D eigenvalue weighted by atomic mass is 9.99. The van der Waals surface area contributed by atoms with Gasteiger partial charge in [-0.3, -0.25) is 9.48 Å². The van der Waals surface area contributed by atoms with Gasteiger partial charge in [0.05, 0.1) is 0 Å². The fourth-order valence-electron chi connectivity index (χ4n) is 4.16. The molecule has 2 aromatic rings. The van der Waals surface area contributed by atoms with Crippen LogP contribution in [-0.2, 0) is 47.0 Å². The molecule has 0 radical (unpaired) electrons. The van der Waals surface area contributed by atoms with Gasteiger partial charge in [0.15, 0.2) is 11.4 Å². The quantitative estimate of drug-likeness (QED) is 0.478. The average molecular weight is 420 g/mol. The summed E-state index contributed by atoms with van der Waals surface area (Å²) in [7, 11) is -2.57. The standard InChI is InChI=1S/C19H25N5O4S/c1-20-16(25)11-24-9-8-17(22-24)29(27,28)23-19(26)21-18-14-6-2-4-12(14)10-13-5-3-7-15(13)18/h8-10,19,21,23,26H,2-7,11H2,1H3,(H,20,25). The van der Waals surface area contributed by atoms with E-state index in [1.807, 2.05) is 0 Å². The fraction of sp³-hybridized carbons (Fsp3) is 0.474. The predicted octanol–water partition coefficient (Wildman–Crippen LogP) is 0.273. The van der Waals surface area contributed by atoms with Crippen molar-refractivity contribution in [3.05, 3.63) is 40.6 Å². The normalized spacial score (nSPS) is 16.3. The van der Waals surface area contributed by atoms with Crippen LogP contribution in [0.3, 0.4) is 0 Å². The summed E-state index contributed by atoms with van der Waals surface area (Å²) in [5.41, 5.74) is 5.80. The summed E-state index contributed by atoms with van der Waals surface area (Å²) in [5.74, 6) is -0.293. The third-order valence-electron chi connectivity index (χ3n) is 5.50. The molecule has 2 aliphatic rings. The van der Waals surface area contributed by atoms with Crippen molar-refractivity contribution in [2.24, 2.45) is 0 Å². The van der Waals surface area contributed by atoms with Crippen LogP contribution >= 0.6 is 0 Å². The van der Waals surface area contributed by atoms with Crippen molar-refractivity contribution in [1.29, 1.82) is 0 Å². The lowest BCUT2D eigenvalue weighted by molar-refractivity contribution is -0.121. The van der Waals surface area contributed by atoms with Crippen molar-refractivity contribution in [2.45, 2.75) is 56.4 Å². The highest BCUT2D eigenvalue weighted by Crippen LogP contribution is 2.38. The van der Waals surface area contributed by atoms with Gasteiger partial charge in [0, 0.05) is 18.9 Å². The molecule has 156 valence electrons. The number of amides is 1. The molecule has 29 heavy (non-hydrogen) atoms. The van der Waals surface area contributed by atoms with Crippen molar-refractivity contribution >= 4 is 21.6 Å². The molecule has 9 nitrogen and oxygen atoms in total. The number of aryl methyl sites for hydroxylation is 2. The molecule has 10 heteroatoms. The van der Waals surface area contributed by atoms with Crippen LogP contribution in [0.25, 0.3) is 0 Å². The maximum atomic E-state index is 12.6. The zero-order valence-corrected chi connectivity index (χ0v) is 17.1. The number of carbonyl (C=O) groups is 1. The molecule has 0 saturated heterocycles. The maximum Gasteiger partial charge on any atom is 0.263 e. The van der Waals surface area contributed by atoms with Crippen LogP contribution in [-0.4, -0.2) is 42.6 Å². The number of sulfonamides is 1. The van der Waals surface area contributed by atoms with Crippen LogP contribution in [0.4, 0.5) is 5.69 Å². The number of hydrogen-bond donors (Lipinski definition) is 4. The van der Waals surface area contributed by atoms with Crippen LogP contribution in [0, 0.1) is 0 Å². The first kappa shape index (κ1) is 19.9. The van der Waals surface area contributed by atoms with E-state index in [1.54, 1.807) is 0 Å². The molecule has 1 aromatic heterocycles. The van der Waals surface area contributed by atoms with E-state index in [-0.39, 0.29) is 17.5 Å². The number of benzene rings is 1. The zero-order chi connectivity index (χ0) is 20.6. The molecule has 0 spiro atoms. The van der Waals surface area contributed by atoms with Gasteiger partial charge in [-0.05, 0) is 66.8 Å². The van der Waals surface area contributed by atoms with Gasteiger partial charge in [0.2, 0.25) is 5.91 Å². The summed E-state index contributed by atoms with van der Waals surface area (Å²) >= 11 is 0. The van der Waals surface area contributed by atoms with Gasteiger partial charge >= 0.3 is 0 Å². The number of aliphatic hydroxyl groups is 1. The van der Waals surface area contributed by atoms with Gasteiger partial charge in [-0.2, -0.15) is 9.82 Å². The number of aliphatic hydroxyl groups excluding tert-OH is 1. The predicted molar refractivity (Wildman–Crippen MR) is 107 cm³/mol. The number of nitrogens with zero attached hydrogens (tertiary/aromatic N) is 2. The van der Waals surface area contributed by atoms with E-state index in [2.05, 4.69) is 26.5 Å². The Balaban J connectivity index is 1.51. The molecule has 0 bridgehead atoms. The second-order valence-corrected chi connectivity index (χ2v) is 9.09. The Bertz CT molecular complexity index is 1010. The number of fused-ring (bicyclic) bond motifs is 2. The lowest BCUT2D eigenvalue weighted by Gasteiger charge is -2.21. The Morgan fingerprint density at radius 1 is 1.21 bits per heavy atom. The highest BCUT2D eigenvalue weighted by molar-refractivity contribution is 7.89. The second kappa shape index (κ2) is 7.77. The van der Waals surface area contributed by atoms with Gasteiger partial charge in [-0.15, -0.1) is 0 Å². The highest BCUT2D eigenvalue weighted by atomic mass is 32.2. The Kier molecular flexibility index (Phi) is 5.32. The minimum Gasteiger partial charge on any atom is -0.360 e. The molecule has 0 fully saturated rings. The molecule has 0 saturated carbocycles. The summed E-state index contributed by atoms with van der Waals surface area (Å²) in [6.45, 7) is -0.0882. The van der Waals surface area contributed by atoms with E-state index in [0.29, 0.717) is 0 Å². The Morgan fingerprint density at radius 3 is 2.48 bits per heavy atom. The number of rotatable bonds is 7. The molecule has 4 N–H and O–H groups in total. The number of nitrogens with one attached hydrogen (secondary N) is 3. The van der Waals surface area contributed by atoms with E-state index >= 15 is 0 Å². The van der Waals surface area contributed by atoms with E-state index < -0.39 is 16.4 Å². The summed E-state index contributed by atoms with van der Waals surface area (Å²) in [6.07, 6.45) is 5.93. The SMILES string of the molecule is CNC(=O)Cn1ccc(S(=O)(=O)NC(O)Nc2c3c(cc4c2CCC4)CCC3)n1. The van der Waals surface area contributed by atoms with Crippen LogP contribution in [0.5, 0.6) is 0 Å². The summed E-state index contributed by atoms with van der Waals surface area (Å²) in [6, 6.07) is 3.56. The van der Waals surface area contributed by atoms with Crippen molar-refractivity contribution < 1.29 is 18.3 Å². The lowest BCUT2D eigenvalue weighted by Crippen LogP contribution is -2.41. The van der Waals surface area contributed by atoms with Crippen molar-refractivity contribution in [1.82, 2.24) is 19.8 Å². The number of carbonyl (C=O) groups excluding carboxylic acids is 1. The topological polar surface area (TPSA) is 125 Å². The zero-order valence-electron chi connectivity index (χ0n) is 16.2. The Morgan fingerprint density at radius 2 is 1.86 bits per heavy atom. The van der Waals surface area contributed by atoms with Gasteiger partial charge in [-0.25, -0.2) is 8.42 Å². The molecule has 0 aliphatic heterocycles. The molecule has 1 atom stereocenters. The number of anilines is 1. The fourth-order valence-corrected chi connectivity index (χ4v) is 5.09. The van der Waals surface area contributed by atoms with Crippen molar-refractivity contribution in [3.8, 4) is 0 Å². The third-order valence-corrected chi connectivity index (χ3v) is 6.80. The first-order valence-electron chi connectivity index (χ1n) is 9.75. The second-order valence-electron chi connectivity index (χ2n) is 7.43. The molecule has 1 unspecified atom stereocenters. The largest absolute Gasteiger partial charge is 0.360 e. The summed E-state index contributed by atoms with van der Waals surface area (Å²) < 4.78 is 28.6. The third kappa shape index (κ3) is 4.00. The minimum absolute atomic E-state index is 0.0882. The van der Waals surface area contributed by atoms with Crippen molar-refractivity contribution in [3.63, 3.8) is 0 Å². The van der Waals surface area contributed by atoms with E-state index in [4.69, 9.17) is 0 Å². The maximum absolute atomic E-state index is 12.6. The number of hydrogen-bond acceptors (Lipinski definition) is 6. The monoisotopic (exact) mass is 419 g/mol.